The molecule has 0 radical (unpaired) electrons. The Kier molecular flexibility index (Phi) is 6.32. The number of carbonyl (C=O) groups excluding carboxylic acids is 1. The Morgan fingerprint density at radius 2 is 1.92 bits per heavy atom. The van der Waals surface area contributed by atoms with Crippen LogP contribution in [0.5, 0.6) is 0 Å². The Labute approximate surface area is 151 Å². The molecule has 1 N–H and O–H groups in total. The first kappa shape index (κ1) is 18.2. The van der Waals surface area contributed by atoms with Gasteiger partial charge in [-0.05, 0) is 51.9 Å². The van der Waals surface area contributed by atoms with Crippen LogP contribution in [0.15, 0.2) is 30.3 Å². The van der Waals surface area contributed by atoms with E-state index >= 15 is 0 Å². The molecule has 0 aliphatic carbocycles. The smallest absolute Gasteiger partial charge is 0.223 e. The summed E-state index contributed by atoms with van der Waals surface area (Å²) in [6, 6.07) is 10.8. The molecular weight excluding hydrogens is 314 g/mol. The molecule has 25 heavy (non-hydrogen) atoms. The van der Waals surface area contributed by atoms with E-state index in [0.717, 1.165) is 52.2 Å². The number of nitrogens with one attached hydrogen (secondary N) is 1. The average molecular weight is 345 g/mol. The number of likely N-dealkylation sites (tertiary alicyclic amines) is 1. The second-order valence-electron chi connectivity index (χ2n) is 7.51. The lowest BCUT2D eigenvalue weighted by molar-refractivity contribution is -0.127. The van der Waals surface area contributed by atoms with E-state index in [2.05, 4.69) is 45.4 Å². The molecule has 5 heteroatoms. The summed E-state index contributed by atoms with van der Waals surface area (Å²) in [6.07, 6.45) is 2.15. The van der Waals surface area contributed by atoms with Crippen molar-refractivity contribution in [3.63, 3.8) is 0 Å². The minimum absolute atomic E-state index is 0.173. The molecule has 5 nitrogen and oxygen atoms in total. The van der Waals surface area contributed by atoms with Crippen LogP contribution in [0, 0.1) is 5.92 Å². The number of anilines is 1. The van der Waals surface area contributed by atoms with Crippen LogP contribution in [-0.4, -0.2) is 62.3 Å². The van der Waals surface area contributed by atoms with E-state index in [4.69, 9.17) is 4.74 Å². The van der Waals surface area contributed by atoms with E-state index in [1.165, 1.54) is 5.69 Å². The predicted octanol–water partition coefficient (Wildman–Crippen LogP) is 2.13. The maximum Gasteiger partial charge on any atom is 0.223 e. The first-order valence-corrected chi connectivity index (χ1v) is 9.56. The second kappa shape index (κ2) is 8.68. The summed E-state index contributed by atoms with van der Waals surface area (Å²) >= 11 is 0. The number of rotatable bonds is 5. The molecule has 1 unspecified atom stereocenters. The van der Waals surface area contributed by atoms with Crippen LogP contribution in [0.1, 0.15) is 26.7 Å². The lowest BCUT2D eigenvalue weighted by atomic mass is 9.95. The predicted molar refractivity (Wildman–Crippen MR) is 101 cm³/mol. The van der Waals surface area contributed by atoms with Gasteiger partial charge in [-0.15, -0.1) is 0 Å². The lowest BCUT2D eigenvalue weighted by Crippen LogP contribution is -2.50. The van der Waals surface area contributed by atoms with Gasteiger partial charge in [0.2, 0.25) is 5.91 Å². The molecule has 2 fully saturated rings. The number of morpholine rings is 1. The molecule has 1 amide bonds. The third-order valence-corrected chi connectivity index (χ3v) is 5.11. The summed E-state index contributed by atoms with van der Waals surface area (Å²) in [6.45, 7) is 9.66. The van der Waals surface area contributed by atoms with E-state index in [1.807, 2.05) is 13.8 Å². The molecule has 2 heterocycles. The van der Waals surface area contributed by atoms with Crippen molar-refractivity contribution in [2.24, 2.45) is 5.92 Å². The highest BCUT2D eigenvalue weighted by atomic mass is 16.5. The van der Waals surface area contributed by atoms with Crippen molar-refractivity contribution in [2.75, 3.05) is 44.2 Å². The number of ether oxygens (including phenoxy) is 1. The minimum Gasteiger partial charge on any atom is -0.373 e. The summed E-state index contributed by atoms with van der Waals surface area (Å²) in [4.78, 5) is 17.0. The third kappa shape index (κ3) is 5.19. The summed E-state index contributed by atoms with van der Waals surface area (Å²) in [5.74, 6) is 0.394. The van der Waals surface area contributed by atoms with Crippen LogP contribution in [0.3, 0.4) is 0 Å². The van der Waals surface area contributed by atoms with Crippen molar-refractivity contribution in [1.82, 2.24) is 10.2 Å². The second-order valence-corrected chi connectivity index (χ2v) is 7.51. The van der Waals surface area contributed by atoms with E-state index in [9.17, 15) is 4.79 Å². The van der Waals surface area contributed by atoms with Gasteiger partial charge in [-0.1, -0.05) is 18.2 Å². The van der Waals surface area contributed by atoms with Crippen molar-refractivity contribution in [3.8, 4) is 0 Å². The van der Waals surface area contributed by atoms with Gasteiger partial charge in [0.05, 0.1) is 12.7 Å². The van der Waals surface area contributed by atoms with Crippen molar-refractivity contribution >= 4 is 11.6 Å². The summed E-state index contributed by atoms with van der Waals surface area (Å²) < 4.78 is 6.00. The largest absolute Gasteiger partial charge is 0.373 e. The standard InChI is InChI=1S/C20H31N3O2/c1-16(2)21-20(24)17-8-10-22(11-9-17)14-19-15-23(12-13-25-19)18-6-4-3-5-7-18/h3-7,16-17,19H,8-15H2,1-2H3,(H,21,24). The van der Waals surface area contributed by atoms with E-state index in [0.29, 0.717) is 0 Å². The van der Waals surface area contributed by atoms with Gasteiger partial charge in [0.25, 0.3) is 0 Å². The fourth-order valence-electron chi connectivity index (χ4n) is 3.77. The number of benzene rings is 1. The number of para-hydroxylation sites is 1. The molecule has 0 spiro atoms. The number of piperidine rings is 1. The molecule has 0 saturated carbocycles. The van der Waals surface area contributed by atoms with Crippen LogP contribution >= 0.6 is 0 Å². The Morgan fingerprint density at radius 1 is 1.20 bits per heavy atom. The number of hydrogen-bond donors (Lipinski definition) is 1. The van der Waals surface area contributed by atoms with Crippen LogP contribution in [0.4, 0.5) is 5.69 Å². The highest BCUT2D eigenvalue weighted by Crippen LogP contribution is 2.21. The molecule has 0 bridgehead atoms. The van der Waals surface area contributed by atoms with Gasteiger partial charge in [0.1, 0.15) is 0 Å². The zero-order chi connectivity index (χ0) is 17.6. The van der Waals surface area contributed by atoms with Crippen LogP contribution in [-0.2, 0) is 9.53 Å². The van der Waals surface area contributed by atoms with Gasteiger partial charge < -0.3 is 19.9 Å². The summed E-state index contributed by atoms with van der Waals surface area (Å²) in [5.41, 5.74) is 1.28. The molecule has 2 saturated heterocycles. The number of nitrogens with zero attached hydrogens (tertiary/aromatic N) is 2. The normalized spacial score (nSPS) is 23.0. The van der Waals surface area contributed by atoms with Crippen molar-refractivity contribution in [2.45, 2.75) is 38.8 Å². The van der Waals surface area contributed by atoms with Gasteiger partial charge in [-0.25, -0.2) is 0 Å². The van der Waals surface area contributed by atoms with Crippen molar-refractivity contribution in [1.29, 1.82) is 0 Å². The average Bonchev–Trinajstić information content (AvgIpc) is 2.63. The zero-order valence-corrected chi connectivity index (χ0v) is 15.5. The lowest BCUT2D eigenvalue weighted by Gasteiger charge is -2.38. The molecular formula is C20H31N3O2. The Balaban J connectivity index is 1.45. The molecule has 2 aliphatic rings. The molecule has 1 aromatic rings. The highest BCUT2D eigenvalue weighted by molar-refractivity contribution is 5.78. The fourth-order valence-corrected chi connectivity index (χ4v) is 3.77. The fraction of sp³-hybridized carbons (Fsp3) is 0.650. The zero-order valence-electron chi connectivity index (χ0n) is 15.5. The summed E-state index contributed by atoms with van der Waals surface area (Å²) in [7, 11) is 0. The molecule has 0 aromatic heterocycles. The maximum atomic E-state index is 12.1. The van der Waals surface area contributed by atoms with Gasteiger partial charge in [0.15, 0.2) is 0 Å². The topological polar surface area (TPSA) is 44.8 Å². The van der Waals surface area contributed by atoms with E-state index < -0.39 is 0 Å². The van der Waals surface area contributed by atoms with Crippen LogP contribution in [0.25, 0.3) is 0 Å². The third-order valence-electron chi connectivity index (χ3n) is 5.11. The van der Waals surface area contributed by atoms with E-state index in [-0.39, 0.29) is 24.0 Å². The monoisotopic (exact) mass is 345 g/mol. The van der Waals surface area contributed by atoms with Crippen molar-refractivity contribution < 1.29 is 9.53 Å². The van der Waals surface area contributed by atoms with E-state index in [1.54, 1.807) is 0 Å². The Hall–Kier alpha value is -1.59. The Bertz CT molecular complexity index is 541. The molecule has 138 valence electrons. The molecule has 1 atom stereocenters. The summed E-state index contributed by atoms with van der Waals surface area (Å²) in [5, 5.41) is 3.04. The molecule has 2 aliphatic heterocycles. The Morgan fingerprint density at radius 3 is 2.60 bits per heavy atom. The van der Waals surface area contributed by atoms with Gasteiger partial charge in [0, 0.05) is 37.3 Å². The minimum atomic E-state index is 0.173. The van der Waals surface area contributed by atoms with Gasteiger partial charge in [-0.3, -0.25) is 4.79 Å². The highest BCUT2D eigenvalue weighted by Gasteiger charge is 2.28. The number of amides is 1. The van der Waals surface area contributed by atoms with Crippen molar-refractivity contribution in [3.05, 3.63) is 30.3 Å². The maximum absolute atomic E-state index is 12.1. The van der Waals surface area contributed by atoms with Crippen LogP contribution < -0.4 is 10.2 Å². The number of carbonyl (C=O) groups is 1. The first-order chi connectivity index (χ1) is 12.1. The van der Waals surface area contributed by atoms with Gasteiger partial charge >= 0.3 is 0 Å². The van der Waals surface area contributed by atoms with Gasteiger partial charge in [-0.2, -0.15) is 0 Å². The van der Waals surface area contributed by atoms with Crippen LogP contribution in [0.2, 0.25) is 0 Å². The quantitative estimate of drug-likeness (QED) is 0.888. The SMILES string of the molecule is CC(C)NC(=O)C1CCN(CC2CN(c3ccccc3)CCO2)CC1. The number of hydrogen-bond acceptors (Lipinski definition) is 4. The molecule has 3 rings (SSSR count). The first-order valence-electron chi connectivity index (χ1n) is 9.56. The molecule has 1 aromatic carbocycles.